The monoisotopic (exact) mass is 418 g/mol. The number of nitrogens with zero attached hydrogens (tertiary/aromatic N) is 2. The minimum Gasteiger partial charge on any atom is -0.494 e. The Morgan fingerprint density at radius 1 is 1.07 bits per heavy atom. The number of rotatable bonds is 5. The van der Waals surface area contributed by atoms with Crippen molar-refractivity contribution in [3.05, 3.63) is 95.1 Å². The average Bonchev–Trinajstić information content (AvgIpc) is 2.76. The van der Waals surface area contributed by atoms with E-state index in [4.69, 9.17) is 4.74 Å². The molecule has 0 fully saturated rings. The van der Waals surface area contributed by atoms with Crippen LogP contribution in [-0.2, 0) is 6.42 Å². The molecule has 0 N–H and O–H groups in total. The number of pyridine rings is 2. The smallest absolute Gasteiger partial charge is 0.229 e. The van der Waals surface area contributed by atoms with Crippen LogP contribution in [0.2, 0.25) is 0 Å². The number of ether oxygens (including phenoxy) is 1. The Balaban J connectivity index is 1.70. The molecule has 0 saturated heterocycles. The van der Waals surface area contributed by atoms with Crippen LogP contribution in [0.25, 0.3) is 10.9 Å². The molecule has 0 aliphatic heterocycles. The Morgan fingerprint density at radius 3 is 2.57 bits per heavy atom. The number of aryl methyl sites for hydroxylation is 1. The highest BCUT2D eigenvalue weighted by Crippen LogP contribution is 2.35. The third-order valence-electron chi connectivity index (χ3n) is 4.77. The van der Waals surface area contributed by atoms with Crippen molar-refractivity contribution in [3.8, 4) is 5.75 Å². The molecule has 4 rings (SSSR count). The van der Waals surface area contributed by atoms with E-state index in [9.17, 15) is 9.18 Å². The number of carbonyl (C=O) groups is 1. The number of thioether (sulfide) groups is 1. The molecule has 4 nitrogen and oxygen atoms in total. The molecule has 6 heteroatoms. The van der Waals surface area contributed by atoms with Gasteiger partial charge in [-0.05, 0) is 78.2 Å². The van der Waals surface area contributed by atoms with Crippen LogP contribution in [-0.4, -0.2) is 22.2 Å². The van der Waals surface area contributed by atoms with Crippen LogP contribution < -0.4 is 4.74 Å². The van der Waals surface area contributed by atoms with Crippen LogP contribution in [0, 0.1) is 12.7 Å². The predicted molar refractivity (Wildman–Crippen MR) is 117 cm³/mol. The highest BCUT2D eigenvalue weighted by molar-refractivity contribution is 8.14. The molecular weight excluding hydrogens is 399 g/mol. The first-order valence-electron chi connectivity index (χ1n) is 9.39. The van der Waals surface area contributed by atoms with Gasteiger partial charge in [-0.15, -0.1) is 0 Å². The van der Waals surface area contributed by atoms with Crippen molar-refractivity contribution in [3.63, 3.8) is 0 Å². The molecule has 30 heavy (non-hydrogen) atoms. The van der Waals surface area contributed by atoms with Gasteiger partial charge in [0.05, 0.1) is 12.7 Å². The zero-order chi connectivity index (χ0) is 21.1. The maximum atomic E-state index is 13.2. The van der Waals surface area contributed by atoms with E-state index >= 15 is 0 Å². The summed E-state index contributed by atoms with van der Waals surface area (Å²) in [6.45, 7) is 1.95. The Bertz CT molecular complexity index is 1210. The van der Waals surface area contributed by atoms with E-state index in [0.717, 1.165) is 33.8 Å². The van der Waals surface area contributed by atoms with Gasteiger partial charge in [-0.1, -0.05) is 18.2 Å². The van der Waals surface area contributed by atoms with E-state index in [-0.39, 0.29) is 10.9 Å². The van der Waals surface area contributed by atoms with E-state index in [1.54, 1.807) is 37.7 Å². The van der Waals surface area contributed by atoms with Crippen molar-refractivity contribution < 1.29 is 13.9 Å². The molecule has 0 aliphatic rings. The number of benzene rings is 2. The average molecular weight is 418 g/mol. The first-order chi connectivity index (χ1) is 14.5. The summed E-state index contributed by atoms with van der Waals surface area (Å²) in [5.41, 5.74) is 4.05. The number of halogens is 1. The minimum absolute atomic E-state index is 0.146. The molecule has 0 spiro atoms. The summed E-state index contributed by atoms with van der Waals surface area (Å²) in [5.74, 6) is 0.203. The van der Waals surface area contributed by atoms with E-state index in [1.807, 2.05) is 31.2 Å². The van der Waals surface area contributed by atoms with E-state index in [1.165, 1.54) is 12.1 Å². The first-order valence-corrected chi connectivity index (χ1v) is 10.2. The molecule has 0 aliphatic carbocycles. The fourth-order valence-electron chi connectivity index (χ4n) is 3.33. The lowest BCUT2D eigenvalue weighted by molar-refractivity contribution is 0.108. The van der Waals surface area contributed by atoms with Gasteiger partial charge in [0.1, 0.15) is 16.4 Å². The van der Waals surface area contributed by atoms with E-state index in [2.05, 4.69) is 9.97 Å². The molecule has 2 aromatic carbocycles. The Labute approximate surface area is 178 Å². The van der Waals surface area contributed by atoms with Crippen molar-refractivity contribution in [1.82, 2.24) is 9.97 Å². The Morgan fingerprint density at radius 2 is 1.87 bits per heavy atom. The lowest BCUT2D eigenvalue weighted by Crippen LogP contribution is -2.02. The van der Waals surface area contributed by atoms with Crippen molar-refractivity contribution in [2.24, 2.45) is 0 Å². The number of methoxy groups -OCH3 is 1. The van der Waals surface area contributed by atoms with Crippen LogP contribution in [0.15, 0.2) is 72.0 Å². The summed E-state index contributed by atoms with van der Waals surface area (Å²) in [7, 11) is 1.54. The summed E-state index contributed by atoms with van der Waals surface area (Å²) in [6, 6.07) is 15.8. The zero-order valence-corrected chi connectivity index (χ0v) is 17.4. The van der Waals surface area contributed by atoms with E-state index < -0.39 is 0 Å². The Hall–Kier alpha value is -3.25. The summed E-state index contributed by atoms with van der Waals surface area (Å²) in [6.07, 6.45) is 4.07. The second kappa shape index (κ2) is 8.63. The van der Waals surface area contributed by atoms with Gasteiger partial charge in [0.15, 0.2) is 5.75 Å². The molecule has 4 aromatic rings. The molecule has 0 amide bonds. The van der Waals surface area contributed by atoms with Crippen LogP contribution in [0.1, 0.15) is 27.0 Å². The molecular formula is C24H19FN2O2S. The van der Waals surface area contributed by atoms with Gasteiger partial charge >= 0.3 is 0 Å². The number of hydrogen-bond donors (Lipinski definition) is 0. The van der Waals surface area contributed by atoms with Crippen molar-refractivity contribution >= 4 is 27.8 Å². The van der Waals surface area contributed by atoms with Crippen LogP contribution in [0.4, 0.5) is 4.39 Å². The quantitative estimate of drug-likeness (QED) is 0.394. The van der Waals surface area contributed by atoms with E-state index in [0.29, 0.717) is 28.3 Å². The summed E-state index contributed by atoms with van der Waals surface area (Å²) < 4.78 is 18.7. The first kappa shape index (κ1) is 20.0. The number of hydrogen-bond acceptors (Lipinski definition) is 5. The standard InChI is InChI=1S/C24H19FN2O2S/c1-15-11-20(24(28)30-21-5-3-4-10-26-21)23(29-2)22-19(15)13-17(14-27-22)12-16-6-8-18(25)9-7-16/h3-11,13-14H,12H2,1-2H3. The number of aromatic nitrogens is 2. The predicted octanol–water partition coefficient (Wildman–Crippen LogP) is 5.61. The number of fused-ring (bicyclic) bond motifs is 1. The minimum atomic E-state index is -0.253. The van der Waals surface area contributed by atoms with Crippen LogP contribution >= 0.6 is 11.8 Å². The molecule has 2 heterocycles. The fourth-order valence-corrected chi connectivity index (χ4v) is 4.04. The van der Waals surface area contributed by atoms with Crippen LogP contribution in [0.5, 0.6) is 5.75 Å². The van der Waals surface area contributed by atoms with Crippen LogP contribution in [0.3, 0.4) is 0 Å². The lowest BCUT2D eigenvalue weighted by Gasteiger charge is -2.13. The zero-order valence-electron chi connectivity index (χ0n) is 16.6. The summed E-state index contributed by atoms with van der Waals surface area (Å²) >= 11 is 1.06. The molecule has 0 bridgehead atoms. The highest BCUT2D eigenvalue weighted by Gasteiger charge is 2.20. The number of carbonyl (C=O) groups excluding carboxylic acids is 1. The summed E-state index contributed by atoms with van der Waals surface area (Å²) in [4.78, 5) is 21.7. The van der Waals surface area contributed by atoms with Gasteiger partial charge < -0.3 is 4.74 Å². The third kappa shape index (κ3) is 4.19. The largest absolute Gasteiger partial charge is 0.494 e. The molecule has 0 unspecified atom stereocenters. The topological polar surface area (TPSA) is 52.1 Å². The van der Waals surface area contributed by atoms with Crippen molar-refractivity contribution in [2.75, 3.05) is 7.11 Å². The third-order valence-corrected chi connectivity index (χ3v) is 5.63. The SMILES string of the molecule is COc1c(C(=O)Sc2ccccn2)cc(C)c2cc(Cc3ccc(F)cc3)cnc12. The molecule has 2 aromatic heterocycles. The second-order valence-electron chi connectivity index (χ2n) is 6.87. The van der Waals surface area contributed by atoms with Crippen molar-refractivity contribution in [1.29, 1.82) is 0 Å². The van der Waals surface area contributed by atoms with Gasteiger partial charge in [-0.25, -0.2) is 9.37 Å². The lowest BCUT2D eigenvalue weighted by atomic mass is 10.0. The Kier molecular flexibility index (Phi) is 5.77. The second-order valence-corrected chi connectivity index (χ2v) is 7.87. The maximum Gasteiger partial charge on any atom is 0.229 e. The van der Waals surface area contributed by atoms with Gasteiger partial charge in [0, 0.05) is 17.8 Å². The van der Waals surface area contributed by atoms with Gasteiger partial charge in [0.25, 0.3) is 0 Å². The normalized spacial score (nSPS) is 10.9. The van der Waals surface area contributed by atoms with Gasteiger partial charge in [-0.2, -0.15) is 0 Å². The highest BCUT2D eigenvalue weighted by atomic mass is 32.2. The van der Waals surface area contributed by atoms with Gasteiger partial charge in [0.2, 0.25) is 5.12 Å². The molecule has 0 atom stereocenters. The molecule has 0 radical (unpaired) electrons. The molecule has 150 valence electrons. The van der Waals surface area contributed by atoms with Gasteiger partial charge in [-0.3, -0.25) is 9.78 Å². The van der Waals surface area contributed by atoms with Crippen molar-refractivity contribution in [2.45, 2.75) is 18.4 Å². The summed E-state index contributed by atoms with van der Waals surface area (Å²) in [5, 5.41) is 1.41. The maximum absolute atomic E-state index is 13.2. The molecule has 0 saturated carbocycles. The fraction of sp³-hybridized carbons (Fsp3) is 0.125.